The minimum atomic E-state index is -4.58. The number of alkyl halides is 3. The van der Waals surface area contributed by atoms with Gasteiger partial charge in [0.05, 0.1) is 0 Å². The van der Waals surface area contributed by atoms with Crippen LogP contribution in [0.4, 0.5) is 19.0 Å². The number of hydrogen-bond donors (Lipinski definition) is 2. The van der Waals surface area contributed by atoms with Crippen LogP contribution in [0.5, 0.6) is 0 Å². The molecule has 0 aliphatic heterocycles. The molecule has 0 saturated heterocycles. The summed E-state index contributed by atoms with van der Waals surface area (Å²) in [5.74, 6) is -0.813. The van der Waals surface area contributed by atoms with Gasteiger partial charge in [0.25, 0.3) is 5.82 Å². The predicted octanol–water partition coefficient (Wildman–Crippen LogP) is 0.655. The highest BCUT2D eigenvalue weighted by Gasteiger charge is 2.38. The lowest BCUT2D eigenvalue weighted by Gasteiger charge is -2.06. The Balaban J connectivity index is 1.99. The van der Waals surface area contributed by atoms with Gasteiger partial charge in [0.1, 0.15) is 5.82 Å². The molecule has 2 aromatic heterocycles. The number of nitrogens with one attached hydrogen (secondary N) is 1. The molecule has 2 unspecified atom stereocenters. The predicted molar refractivity (Wildman–Crippen MR) is 55.8 cm³/mol. The van der Waals surface area contributed by atoms with Crippen LogP contribution < -0.4 is 11.1 Å². The fourth-order valence-corrected chi connectivity index (χ4v) is 1.61. The molecular formula is C9H9F3N6. The van der Waals surface area contributed by atoms with Crippen LogP contribution in [0, 0.1) is 0 Å². The van der Waals surface area contributed by atoms with Gasteiger partial charge < -0.3 is 11.1 Å². The smallest absolute Gasteiger partial charge is 0.364 e. The first kappa shape index (κ1) is 11.2. The zero-order valence-corrected chi connectivity index (χ0v) is 9.02. The molecule has 2 atom stereocenters. The van der Waals surface area contributed by atoms with Crippen LogP contribution in [0.1, 0.15) is 12.2 Å². The summed E-state index contributed by atoms with van der Waals surface area (Å²) in [5, 5.41) is 13.3. The Bertz CT molecular complexity index is 591. The molecule has 0 aromatic carbocycles. The minimum Gasteiger partial charge on any atom is -0.364 e. The van der Waals surface area contributed by atoms with Crippen LogP contribution in [-0.2, 0) is 6.18 Å². The summed E-state index contributed by atoms with van der Waals surface area (Å²) in [6, 6.07) is 3.08. The van der Waals surface area contributed by atoms with Crippen molar-refractivity contribution in [3.8, 4) is 0 Å². The van der Waals surface area contributed by atoms with E-state index in [2.05, 4.69) is 20.6 Å². The van der Waals surface area contributed by atoms with Gasteiger partial charge in [-0.05, 0) is 18.6 Å². The Hall–Kier alpha value is -1.90. The quantitative estimate of drug-likeness (QED) is 0.826. The topological polar surface area (TPSA) is 81.1 Å². The van der Waals surface area contributed by atoms with E-state index in [9.17, 15) is 13.2 Å². The first-order chi connectivity index (χ1) is 8.45. The van der Waals surface area contributed by atoms with Crippen molar-refractivity contribution in [2.75, 3.05) is 5.32 Å². The highest BCUT2D eigenvalue weighted by molar-refractivity contribution is 5.45. The van der Waals surface area contributed by atoms with E-state index in [4.69, 9.17) is 5.73 Å². The van der Waals surface area contributed by atoms with Crippen LogP contribution in [0.15, 0.2) is 12.1 Å². The van der Waals surface area contributed by atoms with E-state index in [1.54, 1.807) is 6.07 Å². The summed E-state index contributed by atoms with van der Waals surface area (Å²) in [5.41, 5.74) is 5.65. The summed E-state index contributed by atoms with van der Waals surface area (Å²) in [6.45, 7) is 0. The maximum absolute atomic E-state index is 12.6. The van der Waals surface area contributed by atoms with Crippen molar-refractivity contribution in [3.05, 3.63) is 18.0 Å². The molecule has 2 heterocycles. The Kier molecular flexibility index (Phi) is 2.21. The van der Waals surface area contributed by atoms with Gasteiger partial charge in [0, 0.05) is 12.1 Å². The zero-order chi connectivity index (χ0) is 12.9. The van der Waals surface area contributed by atoms with Gasteiger partial charge in [0.15, 0.2) is 5.65 Å². The maximum Gasteiger partial charge on any atom is 0.453 e. The molecule has 3 rings (SSSR count). The molecule has 2 aromatic rings. The fraction of sp³-hybridized carbons (Fsp3) is 0.444. The number of halogens is 3. The average molecular weight is 258 g/mol. The molecule has 0 spiro atoms. The average Bonchev–Trinajstić information content (AvgIpc) is 2.80. The number of nitrogens with zero attached hydrogens (tertiary/aromatic N) is 4. The van der Waals surface area contributed by atoms with Crippen molar-refractivity contribution >= 4 is 11.5 Å². The summed E-state index contributed by atoms with van der Waals surface area (Å²) in [4.78, 5) is 0. The highest BCUT2D eigenvalue weighted by Crippen LogP contribution is 2.28. The lowest BCUT2D eigenvalue weighted by molar-refractivity contribution is -0.146. The van der Waals surface area contributed by atoms with E-state index in [0.29, 0.717) is 10.3 Å². The number of fused-ring (bicyclic) bond motifs is 1. The van der Waals surface area contributed by atoms with Gasteiger partial charge in [-0.1, -0.05) is 0 Å². The third-order valence-corrected chi connectivity index (χ3v) is 2.69. The zero-order valence-electron chi connectivity index (χ0n) is 9.02. The van der Waals surface area contributed by atoms with Crippen molar-refractivity contribution in [1.29, 1.82) is 0 Å². The second kappa shape index (κ2) is 3.55. The second-order valence-electron chi connectivity index (χ2n) is 4.16. The Morgan fingerprint density at radius 2 is 2.06 bits per heavy atom. The molecule has 18 heavy (non-hydrogen) atoms. The second-order valence-corrected chi connectivity index (χ2v) is 4.16. The van der Waals surface area contributed by atoms with Crippen molar-refractivity contribution in [1.82, 2.24) is 19.8 Å². The molecular weight excluding hydrogens is 249 g/mol. The molecule has 96 valence electrons. The van der Waals surface area contributed by atoms with E-state index in [-0.39, 0.29) is 17.7 Å². The SMILES string of the molecule is NC1CC1Nc1ccc2nnc(C(F)(F)F)n2n1. The van der Waals surface area contributed by atoms with E-state index in [1.807, 2.05) is 0 Å². The van der Waals surface area contributed by atoms with Gasteiger partial charge in [-0.3, -0.25) is 0 Å². The molecule has 1 aliphatic rings. The normalized spacial score (nSPS) is 23.3. The molecule has 9 heteroatoms. The summed E-state index contributed by atoms with van der Waals surface area (Å²) >= 11 is 0. The molecule has 3 N–H and O–H groups in total. The number of hydrogen-bond acceptors (Lipinski definition) is 5. The molecule has 0 amide bonds. The highest BCUT2D eigenvalue weighted by atomic mass is 19.4. The van der Waals surface area contributed by atoms with E-state index in [0.717, 1.165) is 6.42 Å². The van der Waals surface area contributed by atoms with Gasteiger partial charge in [-0.25, -0.2) is 0 Å². The molecule has 1 fully saturated rings. The third-order valence-electron chi connectivity index (χ3n) is 2.69. The summed E-state index contributed by atoms with van der Waals surface area (Å²) in [7, 11) is 0. The molecule has 1 aliphatic carbocycles. The minimum absolute atomic E-state index is 0.0329. The van der Waals surface area contributed by atoms with Crippen LogP contribution in [0.25, 0.3) is 5.65 Å². The first-order valence-electron chi connectivity index (χ1n) is 5.27. The molecule has 1 saturated carbocycles. The fourth-order valence-electron chi connectivity index (χ4n) is 1.61. The lowest BCUT2D eigenvalue weighted by Crippen LogP contribution is -2.16. The lowest BCUT2D eigenvalue weighted by atomic mass is 10.5. The third kappa shape index (κ3) is 1.86. The maximum atomic E-state index is 12.6. The van der Waals surface area contributed by atoms with Gasteiger partial charge in [-0.15, -0.1) is 15.3 Å². The van der Waals surface area contributed by atoms with Crippen molar-refractivity contribution in [3.63, 3.8) is 0 Å². The molecule has 0 bridgehead atoms. The number of rotatable bonds is 2. The largest absolute Gasteiger partial charge is 0.453 e. The van der Waals surface area contributed by atoms with Gasteiger partial charge in [-0.2, -0.15) is 17.7 Å². The van der Waals surface area contributed by atoms with Crippen molar-refractivity contribution in [2.24, 2.45) is 5.73 Å². The van der Waals surface area contributed by atoms with E-state index < -0.39 is 12.0 Å². The van der Waals surface area contributed by atoms with Crippen LogP contribution in [-0.4, -0.2) is 31.9 Å². The number of aromatic nitrogens is 4. The van der Waals surface area contributed by atoms with E-state index in [1.165, 1.54) is 6.07 Å². The summed E-state index contributed by atoms with van der Waals surface area (Å²) in [6.07, 6.45) is -3.80. The van der Waals surface area contributed by atoms with Crippen LogP contribution >= 0.6 is 0 Å². The Morgan fingerprint density at radius 3 is 2.67 bits per heavy atom. The molecule has 0 radical (unpaired) electrons. The Morgan fingerprint density at radius 1 is 1.33 bits per heavy atom. The first-order valence-corrected chi connectivity index (χ1v) is 5.27. The van der Waals surface area contributed by atoms with Crippen molar-refractivity contribution in [2.45, 2.75) is 24.7 Å². The standard InChI is InChI=1S/C9H9F3N6/c10-9(11,12)8-16-15-7-2-1-6(17-18(7)8)14-5-3-4(5)13/h1-2,4-5H,3,13H2,(H,14,17). The summed E-state index contributed by atoms with van der Waals surface area (Å²) < 4.78 is 38.5. The van der Waals surface area contributed by atoms with Gasteiger partial charge >= 0.3 is 6.18 Å². The number of nitrogens with two attached hydrogens (primary N) is 1. The van der Waals surface area contributed by atoms with Crippen LogP contribution in [0.2, 0.25) is 0 Å². The Labute approximate surface area is 99.0 Å². The monoisotopic (exact) mass is 258 g/mol. The molecule has 6 nitrogen and oxygen atoms in total. The number of anilines is 1. The van der Waals surface area contributed by atoms with Crippen molar-refractivity contribution < 1.29 is 13.2 Å². The van der Waals surface area contributed by atoms with Crippen LogP contribution in [0.3, 0.4) is 0 Å². The van der Waals surface area contributed by atoms with Gasteiger partial charge in [0.2, 0.25) is 0 Å². The van der Waals surface area contributed by atoms with E-state index >= 15 is 0 Å².